The molecule has 1 aromatic heterocycles. The van der Waals surface area contributed by atoms with Crippen LogP contribution in [0.1, 0.15) is 82.2 Å². The van der Waals surface area contributed by atoms with E-state index in [1.807, 2.05) is 34.6 Å². The molecule has 0 bridgehead atoms. The van der Waals surface area contributed by atoms with Gasteiger partial charge in [-0.2, -0.15) is 0 Å². The summed E-state index contributed by atoms with van der Waals surface area (Å²) in [4.78, 5) is 46.0. The second-order valence-electron chi connectivity index (χ2n) is 7.74. The molecule has 2 aromatic rings. The quantitative estimate of drug-likeness (QED) is 0.366. The van der Waals surface area contributed by atoms with Crippen molar-refractivity contribution in [2.24, 2.45) is 0 Å². The van der Waals surface area contributed by atoms with Crippen molar-refractivity contribution in [2.45, 2.75) is 66.9 Å². The van der Waals surface area contributed by atoms with E-state index in [-0.39, 0.29) is 37.4 Å². The van der Waals surface area contributed by atoms with Crippen molar-refractivity contribution in [2.75, 3.05) is 13.2 Å². The summed E-state index contributed by atoms with van der Waals surface area (Å²) in [6.45, 7) is 9.91. The molecule has 2 rings (SSSR count). The fourth-order valence-corrected chi connectivity index (χ4v) is 3.00. The highest BCUT2D eigenvalue weighted by Crippen LogP contribution is 2.17. The summed E-state index contributed by atoms with van der Waals surface area (Å²) in [5.74, 6) is -1.55. The van der Waals surface area contributed by atoms with Gasteiger partial charge < -0.3 is 14.2 Å². The molecule has 0 atom stereocenters. The van der Waals surface area contributed by atoms with Gasteiger partial charge in [0.1, 0.15) is 6.61 Å². The second kappa shape index (κ2) is 12.7. The third-order valence-corrected chi connectivity index (χ3v) is 4.97. The van der Waals surface area contributed by atoms with Crippen LogP contribution >= 0.6 is 0 Å². The van der Waals surface area contributed by atoms with Gasteiger partial charge in [0, 0.05) is 6.42 Å². The van der Waals surface area contributed by atoms with Gasteiger partial charge in [0.25, 0.3) is 0 Å². The molecule has 1 aromatic carbocycles. The van der Waals surface area contributed by atoms with Crippen molar-refractivity contribution >= 4 is 17.9 Å². The number of carbonyl (C=O) groups is 3. The van der Waals surface area contributed by atoms with Gasteiger partial charge in [-0.25, -0.2) is 9.59 Å². The van der Waals surface area contributed by atoms with Crippen LogP contribution in [0.3, 0.4) is 0 Å². The average Bonchev–Trinajstić information content (AvgIpc) is 2.80. The lowest BCUT2D eigenvalue weighted by Gasteiger charge is -2.12. The van der Waals surface area contributed by atoms with E-state index < -0.39 is 17.9 Å². The highest BCUT2D eigenvalue weighted by atomic mass is 16.5. The first kappa shape index (κ1) is 26.0. The number of rotatable bonds is 11. The van der Waals surface area contributed by atoms with E-state index in [4.69, 9.17) is 14.2 Å². The fraction of sp³-hybridized carbons (Fsp3) is 0.480. The van der Waals surface area contributed by atoms with Gasteiger partial charge in [0.2, 0.25) is 0 Å². The SMILES string of the molecule is CCCOC(=O)c1ccc(CCC(=O)OCc2nc(C)c(C)nc2C)cc1C(=O)OCCC. The molecule has 0 fully saturated rings. The maximum Gasteiger partial charge on any atom is 0.339 e. The number of ether oxygens (including phenoxy) is 3. The monoisotopic (exact) mass is 456 g/mol. The van der Waals surface area contributed by atoms with Crippen LogP contribution in [-0.4, -0.2) is 41.1 Å². The molecule has 0 saturated carbocycles. The molecule has 0 aliphatic rings. The first-order valence-electron chi connectivity index (χ1n) is 11.2. The number of hydrogen-bond acceptors (Lipinski definition) is 8. The van der Waals surface area contributed by atoms with Gasteiger partial charge in [-0.05, 0) is 57.7 Å². The minimum absolute atomic E-state index is 0.0512. The first-order chi connectivity index (χ1) is 15.8. The van der Waals surface area contributed by atoms with Gasteiger partial charge in [-0.3, -0.25) is 14.8 Å². The molecule has 0 saturated heterocycles. The van der Waals surface area contributed by atoms with Crippen LogP contribution in [0, 0.1) is 20.8 Å². The Morgan fingerprint density at radius 1 is 0.788 bits per heavy atom. The zero-order valence-corrected chi connectivity index (χ0v) is 20.0. The number of carbonyl (C=O) groups excluding carboxylic acids is 3. The van der Waals surface area contributed by atoms with E-state index in [9.17, 15) is 14.4 Å². The zero-order valence-electron chi connectivity index (χ0n) is 20.0. The molecule has 1 heterocycles. The second-order valence-corrected chi connectivity index (χ2v) is 7.74. The molecule has 33 heavy (non-hydrogen) atoms. The molecule has 0 unspecified atom stereocenters. The van der Waals surface area contributed by atoms with E-state index in [0.29, 0.717) is 30.5 Å². The Hall–Kier alpha value is -3.29. The summed E-state index contributed by atoms with van der Waals surface area (Å²) in [5, 5.41) is 0. The third-order valence-electron chi connectivity index (χ3n) is 4.97. The first-order valence-corrected chi connectivity index (χ1v) is 11.2. The minimum Gasteiger partial charge on any atom is -0.462 e. The molecule has 0 amide bonds. The molecule has 0 radical (unpaired) electrons. The van der Waals surface area contributed by atoms with Crippen LogP contribution < -0.4 is 0 Å². The largest absolute Gasteiger partial charge is 0.462 e. The van der Waals surface area contributed by atoms with E-state index >= 15 is 0 Å². The van der Waals surface area contributed by atoms with Gasteiger partial charge in [-0.1, -0.05) is 19.9 Å². The van der Waals surface area contributed by atoms with Crippen LogP contribution in [0.15, 0.2) is 18.2 Å². The standard InChI is InChI=1S/C25H32N2O6/c1-6-12-31-24(29)20-10-8-19(14-21(20)25(30)32-13-7-2)9-11-23(28)33-15-22-18(5)26-16(3)17(4)27-22/h8,10,14H,6-7,9,11-13,15H2,1-5H3. The Kier molecular flexibility index (Phi) is 9.97. The molecule has 8 nitrogen and oxygen atoms in total. The van der Waals surface area contributed by atoms with Gasteiger partial charge in [-0.15, -0.1) is 0 Å². The predicted molar refractivity (Wildman–Crippen MR) is 122 cm³/mol. The van der Waals surface area contributed by atoms with Crippen LogP contribution in [0.4, 0.5) is 0 Å². The van der Waals surface area contributed by atoms with Crippen LogP contribution in [0.25, 0.3) is 0 Å². The Labute approximate surface area is 194 Å². The van der Waals surface area contributed by atoms with Gasteiger partial charge in [0.15, 0.2) is 0 Å². The molecule has 178 valence electrons. The molecule has 0 aliphatic heterocycles. The van der Waals surface area contributed by atoms with Gasteiger partial charge >= 0.3 is 17.9 Å². The van der Waals surface area contributed by atoms with Crippen molar-refractivity contribution < 1.29 is 28.6 Å². The van der Waals surface area contributed by atoms with E-state index in [1.54, 1.807) is 12.1 Å². The molecule has 8 heteroatoms. The Bertz CT molecular complexity index is 1000. The Morgan fingerprint density at radius 2 is 1.39 bits per heavy atom. The highest BCUT2D eigenvalue weighted by Gasteiger charge is 2.20. The average molecular weight is 457 g/mol. The summed E-state index contributed by atoms with van der Waals surface area (Å²) in [5.41, 5.74) is 4.00. The number of nitrogens with zero attached hydrogens (tertiary/aromatic N) is 2. The third kappa shape index (κ3) is 7.66. The fourth-order valence-electron chi connectivity index (χ4n) is 3.00. The Balaban J connectivity index is 2.05. The Morgan fingerprint density at radius 3 is 2.03 bits per heavy atom. The molecular formula is C25H32N2O6. The van der Waals surface area contributed by atoms with Crippen molar-refractivity contribution in [1.29, 1.82) is 0 Å². The highest BCUT2D eigenvalue weighted by molar-refractivity contribution is 6.03. The van der Waals surface area contributed by atoms with Crippen molar-refractivity contribution in [3.63, 3.8) is 0 Å². The number of aromatic nitrogens is 2. The van der Waals surface area contributed by atoms with Crippen molar-refractivity contribution in [1.82, 2.24) is 9.97 Å². The molecule has 0 aliphatic carbocycles. The number of hydrogen-bond donors (Lipinski definition) is 0. The molecule has 0 N–H and O–H groups in total. The summed E-state index contributed by atoms with van der Waals surface area (Å²) in [6, 6.07) is 4.81. The summed E-state index contributed by atoms with van der Waals surface area (Å²) >= 11 is 0. The summed E-state index contributed by atoms with van der Waals surface area (Å²) in [7, 11) is 0. The summed E-state index contributed by atoms with van der Waals surface area (Å²) < 4.78 is 15.8. The topological polar surface area (TPSA) is 105 Å². The summed E-state index contributed by atoms with van der Waals surface area (Å²) in [6.07, 6.45) is 1.79. The lowest BCUT2D eigenvalue weighted by molar-refractivity contribution is -0.145. The normalized spacial score (nSPS) is 10.6. The minimum atomic E-state index is -0.589. The lowest BCUT2D eigenvalue weighted by atomic mass is 10.0. The lowest BCUT2D eigenvalue weighted by Crippen LogP contribution is -2.15. The van der Waals surface area contributed by atoms with E-state index in [0.717, 1.165) is 17.1 Å². The smallest absolute Gasteiger partial charge is 0.339 e. The number of aryl methyl sites for hydroxylation is 4. The van der Waals surface area contributed by atoms with Crippen molar-refractivity contribution in [3.05, 3.63) is 57.7 Å². The molecular weight excluding hydrogens is 424 g/mol. The van der Waals surface area contributed by atoms with Gasteiger partial charge in [0.05, 0.1) is 47.1 Å². The number of benzene rings is 1. The number of esters is 3. The maximum atomic E-state index is 12.5. The van der Waals surface area contributed by atoms with Crippen LogP contribution in [-0.2, 0) is 32.0 Å². The van der Waals surface area contributed by atoms with Crippen molar-refractivity contribution in [3.8, 4) is 0 Å². The predicted octanol–water partition coefficient (Wildman–Crippen LogP) is 4.21. The molecule has 0 spiro atoms. The van der Waals surface area contributed by atoms with E-state index in [2.05, 4.69) is 9.97 Å². The van der Waals surface area contributed by atoms with E-state index in [1.165, 1.54) is 6.07 Å². The van der Waals surface area contributed by atoms with Crippen LogP contribution in [0.2, 0.25) is 0 Å². The van der Waals surface area contributed by atoms with Crippen LogP contribution in [0.5, 0.6) is 0 Å². The zero-order chi connectivity index (χ0) is 24.4. The maximum absolute atomic E-state index is 12.5.